The van der Waals surface area contributed by atoms with E-state index in [1.165, 1.54) is 11.3 Å². The fourth-order valence-corrected chi connectivity index (χ4v) is 3.44. The van der Waals surface area contributed by atoms with Gasteiger partial charge in [-0.05, 0) is 68.6 Å². The summed E-state index contributed by atoms with van der Waals surface area (Å²) in [7, 11) is 0. The van der Waals surface area contributed by atoms with Crippen molar-refractivity contribution < 1.29 is 9.53 Å². The highest BCUT2D eigenvalue weighted by atomic mass is 79.9. The van der Waals surface area contributed by atoms with Crippen LogP contribution in [0, 0.1) is 0 Å². The van der Waals surface area contributed by atoms with Crippen LogP contribution in [0.3, 0.4) is 0 Å². The van der Waals surface area contributed by atoms with Crippen molar-refractivity contribution in [2.75, 3.05) is 11.9 Å². The lowest BCUT2D eigenvalue weighted by Crippen LogP contribution is -2.09. The van der Waals surface area contributed by atoms with E-state index in [1.807, 2.05) is 24.3 Å². The van der Waals surface area contributed by atoms with E-state index < -0.39 is 0 Å². The SMILES string of the molecule is CCCOc1ccc(NC(=O)c2cc(Br)c(Br)s2)cc1. The molecule has 1 aromatic carbocycles. The summed E-state index contributed by atoms with van der Waals surface area (Å²) in [6.07, 6.45) is 0.973. The molecule has 0 fully saturated rings. The second-order valence-corrected chi connectivity index (χ2v) is 7.28. The van der Waals surface area contributed by atoms with Crippen LogP contribution in [0.15, 0.2) is 38.6 Å². The van der Waals surface area contributed by atoms with Gasteiger partial charge in [0.1, 0.15) is 5.75 Å². The average Bonchev–Trinajstić information content (AvgIpc) is 2.78. The first-order chi connectivity index (χ1) is 9.60. The Labute approximate surface area is 138 Å². The van der Waals surface area contributed by atoms with Crippen molar-refractivity contribution in [1.82, 2.24) is 0 Å². The molecule has 0 aliphatic rings. The van der Waals surface area contributed by atoms with E-state index in [-0.39, 0.29) is 5.91 Å². The maximum absolute atomic E-state index is 12.1. The Balaban J connectivity index is 2.00. The average molecular weight is 419 g/mol. The number of ether oxygens (including phenoxy) is 1. The molecule has 0 aliphatic heterocycles. The number of nitrogens with one attached hydrogen (secondary N) is 1. The van der Waals surface area contributed by atoms with E-state index >= 15 is 0 Å². The van der Waals surface area contributed by atoms with Crippen LogP contribution in [0.4, 0.5) is 5.69 Å². The van der Waals surface area contributed by atoms with Crippen LogP contribution in [0.1, 0.15) is 23.0 Å². The van der Waals surface area contributed by atoms with E-state index in [9.17, 15) is 4.79 Å². The number of thiophene rings is 1. The van der Waals surface area contributed by atoms with Gasteiger partial charge in [0.15, 0.2) is 0 Å². The van der Waals surface area contributed by atoms with Gasteiger partial charge in [-0.15, -0.1) is 11.3 Å². The van der Waals surface area contributed by atoms with Gasteiger partial charge < -0.3 is 10.1 Å². The number of hydrogen-bond donors (Lipinski definition) is 1. The topological polar surface area (TPSA) is 38.3 Å². The molecular formula is C14H13Br2NO2S. The number of benzene rings is 1. The number of halogens is 2. The van der Waals surface area contributed by atoms with Crippen LogP contribution in [0.2, 0.25) is 0 Å². The number of hydrogen-bond acceptors (Lipinski definition) is 3. The van der Waals surface area contributed by atoms with Gasteiger partial charge in [0.2, 0.25) is 0 Å². The lowest BCUT2D eigenvalue weighted by molar-refractivity contribution is 0.103. The van der Waals surface area contributed by atoms with Crippen molar-refractivity contribution in [2.24, 2.45) is 0 Å². The Morgan fingerprint density at radius 1 is 1.30 bits per heavy atom. The number of anilines is 1. The largest absolute Gasteiger partial charge is 0.494 e. The molecule has 1 N–H and O–H groups in total. The van der Waals surface area contributed by atoms with Gasteiger partial charge in [0.05, 0.1) is 15.3 Å². The highest BCUT2D eigenvalue weighted by molar-refractivity contribution is 9.13. The monoisotopic (exact) mass is 417 g/mol. The molecular weight excluding hydrogens is 406 g/mol. The first-order valence-electron chi connectivity index (χ1n) is 6.09. The van der Waals surface area contributed by atoms with Crippen molar-refractivity contribution in [3.05, 3.63) is 43.5 Å². The predicted molar refractivity (Wildman–Crippen MR) is 89.9 cm³/mol. The van der Waals surface area contributed by atoms with Crippen LogP contribution in [-0.2, 0) is 0 Å². The molecule has 0 saturated heterocycles. The molecule has 1 amide bonds. The minimum absolute atomic E-state index is 0.122. The molecule has 0 bridgehead atoms. The molecule has 0 atom stereocenters. The molecule has 2 rings (SSSR count). The summed E-state index contributed by atoms with van der Waals surface area (Å²) in [5.41, 5.74) is 0.750. The third-order valence-electron chi connectivity index (χ3n) is 2.45. The molecule has 0 radical (unpaired) electrons. The second-order valence-electron chi connectivity index (χ2n) is 4.06. The van der Waals surface area contributed by atoms with E-state index in [1.54, 1.807) is 6.07 Å². The molecule has 1 aromatic heterocycles. The fourth-order valence-electron chi connectivity index (χ4n) is 1.51. The van der Waals surface area contributed by atoms with Crippen LogP contribution >= 0.6 is 43.2 Å². The fraction of sp³-hybridized carbons (Fsp3) is 0.214. The number of rotatable bonds is 5. The normalized spacial score (nSPS) is 10.3. The lowest BCUT2D eigenvalue weighted by Gasteiger charge is -2.06. The molecule has 0 aliphatic carbocycles. The zero-order valence-corrected chi connectivity index (χ0v) is 14.8. The van der Waals surface area contributed by atoms with E-state index in [0.717, 1.165) is 26.1 Å². The van der Waals surface area contributed by atoms with Gasteiger partial charge >= 0.3 is 0 Å². The predicted octanol–water partition coefficient (Wildman–Crippen LogP) is 5.31. The van der Waals surface area contributed by atoms with Crippen LogP contribution in [0.5, 0.6) is 5.75 Å². The summed E-state index contributed by atoms with van der Waals surface area (Å²) in [6.45, 7) is 2.76. The Bertz CT molecular complexity index is 576. The zero-order chi connectivity index (χ0) is 14.5. The molecule has 6 heteroatoms. The lowest BCUT2D eigenvalue weighted by atomic mass is 10.3. The second kappa shape index (κ2) is 7.24. The van der Waals surface area contributed by atoms with Crippen molar-refractivity contribution in [3.8, 4) is 5.75 Å². The van der Waals surface area contributed by atoms with Gasteiger partial charge in [-0.2, -0.15) is 0 Å². The maximum Gasteiger partial charge on any atom is 0.265 e. The molecule has 2 aromatic rings. The van der Waals surface area contributed by atoms with Crippen LogP contribution < -0.4 is 10.1 Å². The number of amides is 1. The Morgan fingerprint density at radius 3 is 2.55 bits per heavy atom. The summed E-state index contributed by atoms with van der Waals surface area (Å²) in [6, 6.07) is 9.17. The quantitative estimate of drug-likeness (QED) is 0.713. The van der Waals surface area contributed by atoms with Gasteiger partial charge in [-0.3, -0.25) is 4.79 Å². The molecule has 0 spiro atoms. The number of carbonyl (C=O) groups is 1. The first kappa shape index (κ1) is 15.5. The van der Waals surface area contributed by atoms with E-state index in [2.05, 4.69) is 44.1 Å². The van der Waals surface area contributed by atoms with Gasteiger partial charge in [-0.25, -0.2) is 0 Å². The summed E-state index contributed by atoms with van der Waals surface area (Å²) >= 11 is 8.14. The third-order valence-corrected chi connectivity index (χ3v) is 5.71. The van der Waals surface area contributed by atoms with E-state index in [4.69, 9.17) is 4.74 Å². The van der Waals surface area contributed by atoms with Crippen molar-refractivity contribution in [3.63, 3.8) is 0 Å². The minimum atomic E-state index is -0.122. The third kappa shape index (κ3) is 4.07. The van der Waals surface area contributed by atoms with Crippen molar-refractivity contribution >= 4 is 54.8 Å². The summed E-state index contributed by atoms with van der Waals surface area (Å²) in [5.74, 6) is 0.690. The molecule has 1 heterocycles. The summed E-state index contributed by atoms with van der Waals surface area (Å²) in [5, 5.41) is 2.86. The maximum atomic E-state index is 12.1. The van der Waals surface area contributed by atoms with Gasteiger partial charge in [-0.1, -0.05) is 6.92 Å². The zero-order valence-electron chi connectivity index (χ0n) is 10.8. The molecule has 106 valence electrons. The van der Waals surface area contributed by atoms with Crippen molar-refractivity contribution in [2.45, 2.75) is 13.3 Å². The van der Waals surface area contributed by atoms with E-state index in [0.29, 0.717) is 11.5 Å². The highest BCUT2D eigenvalue weighted by Gasteiger charge is 2.12. The smallest absolute Gasteiger partial charge is 0.265 e. The molecule has 20 heavy (non-hydrogen) atoms. The first-order valence-corrected chi connectivity index (χ1v) is 8.49. The summed E-state index contributed by atoms with van der Waals surface area (Å²) in [4.78, 5) is 12.7. The number of carbonyl (C=O) groups excluding carboxylic acids is 1. The Morgan fingerprint density at radius 2 is 2.00 bits per heavy atom. The molecule has 3 nitrogen and oxygen atoms in total. The van der Waals surface area contributed by atoms with Gasteiger partial charge in [0.25, 0.3) is 5.91 Å². The Hall–Kier alpha value is -0.850. The van der Waals surface area contributed by atoms with Crippen LogP contribution in [-0.4, -0.2) is 12.5 Å². The minimum Gasteiger partial charge on any atom is -0.494 e. The Kier molecular flexibility index (Phi) is 5.63. The summed E-state index contributed by atoms with van der Waals surface area (Å²) < 4.78 is 7.29. The standard InChI is InChI=1S/C14H13Br2NO2S/c1-2-7-19-10-5-3-9(4-6-10)17-14(18)12-8-11(15)13(16)20-12/h3-6,8H,2,7H2,1H3,(H,17,18). The van der Waals surface area contributed by atoms with Gasteiger partial charge in [0, 0.05) is 10.2 Å². The molecule has 0 saturated carbocycles. The van der Waals surface area contributed by atoms with Crippen LogP contribution in [0.25, 0.3) is 0 Å². The highest BCUT2D eigenvalue weighted by Crippen LogP contribution is 2.32. The van der Waals surface area contributed by atoms with Crippen molar-refractivity contribution in [1.29, 1.82) is 0 Å². The molecule has 0 unspecified atom stereocenters.